The first-order valence-corrected chi connectivity index (χ1v) is 7.43. The molecule has 94 valence electrons. The van der Waals surface area contributed by atoms with Gasteiger partial charge in [-0.2, -0.15) is 4.31 Å². The van der Waals surface area contributed by atoms with Crippen molar-refractivity contribution in [1.29, 1.82) is 0 Å². The van der Waals surface area contributed by atoms with Gasteiger partial charge in [0.2, 0.25) is 10.0 Å². The minimum Gasteiger partial charge on any atom is -0.212 e. The quantitative estimate of drug-likeness (QED) is 0.829. The SMILES string of the molecule is CN(C(c1ccc(F)cc1)C1CC1)S(C)(=O)=O. The molecule has 5 heteroatoms. The van der Waals surface area contributed by atoms with Gasteiger partial charge in [0.15, 0.2) is 0 Å². The summed E-state index contributed by atoms with van der Waals surface area (Å²) in [5, 5.41) is 0. The molecule has 1 unspecified atom stereocenters. The normalized spacial score (nSPS) is 18.4. The van der Waals surface area contributed by atoms with Crippen LogP contribution >= 0.6 is 0 Å². The molecule has 0 radical (unpaired) electrons. The van der Waals surface area contributed by atoms with E-state index >= 15 is 0 Å². The van der Waals surface area contributed by atoms with Gasteiger partial charge >= 0.3 is 0 Å². The summed E-state index contributed by atoms with van der Waals surface area (Å²) in [4.78, 5) is 0. The summed E-state index contributed by atoms with van der Waals surface area (Å²) in [7, 11) is -1.64. The maximum Gasteiger partial charge on any atom is 0.211 e. The fourth-order valence-electron chi connectivity index (χ4n) is 2.06. The molecule has 0 spiro atoms. The van der Waals surface area contributed by atoms with Crippen LogP contribution in [0.1, 0.15) is 24.4 Å². The van der Waals surface area contributed by atoms with Gasteiger partial charge in [-0.05, 0) is 36.5 Å². The lowest BCUT2D eigenvalue weighted by molar-refractivity contribution is 0.344. The Morgan fingerprint density at radius 1 is 1.29 bits per heavy atom. The van der Waals surface area contributed by atoms with Crippen molar-refractivity contribution < 1.29 is 12.8 Å². The molecule has 1 aromatic carbocycles. The molecule has 1 fully saturated rings. The summed E-state index contributed by atoms with van der Waals surface area (Å²) in [6.45, 7) is 0. The molecular formula is C12H16FNO2S. The molecule has 0 heterocycles. The number of sulfonamides is 1. The van der Waals surface area contributed by atoms with E-state index in [1.54, 1.807) is 19.2 Å². The highest BCUT2D eigenvalue weighted by Gasteiger charge is 2.38. The summed E-state index contributed by atoms with van der Waals surface area (Å²) in [5.74, 6) is 0.0606. The number of benzene rings is 1. The molecule has 0 bridgehead atoms. The Morgan fingerprint density at radius 3 is 2.24 bits per heavy atom. The second-order valence-electron chi connectivity index (χ2n) is 4.61. The van der Waals surface area contributed by atoms with Crippen molar-refractivity contribution in [3.63, 3.8) is 0 Å². The summed E-state index contributed by atoms with van der Waals surface area (Å²) in [6.07, 6.45) is 3.26. The molecule has 0 saturated heterocycles. The fourth-order valence-corrected chi connectivity index (χ4v) is 2.76. The van der Waals surface area contributed by atoms with Crippen LogP contribution in [0, 0.1) is 11.7 Å². The van der Waals surface area contributed by atoms with Gasteiger partial charge in [-0.1, -0.05) is 12.1 Å². The number of hydrogen-bond donors (Lipinski definition) is 0. The molecule has 1 atom stereocenters. The molecule has 1 aliphatic carbocycles. The van der Waals surface area contributed by atoms with Crippen molar-refractivity contribution in [1.82, 2.24) is 4.31 Å². The third-order valence-electron chi connectivity index (χ3n) is 3.19. The zero-order valence-electron chi connectivity index (χ0n) is 9.93. The van der Waals surface area contributed by atoms with E-state index in [4.69, 9.17) is 0 Å². The van der Waals surface area contributed by atoms with E-state index in [2.05, 4.69) is 0 Å². The smallest absolute Gasteiger partial charge is 0.211 e. The molecular weight excluding hydrogens is 241 g/mol. The topological polar surface area (TPSA) is 37.4 Å². The van der Waals surface area contributed by atoms with Crippen molar-refractivity contribution in [2.24, 2.45) is 5.92 Å². The van der Waals surface area contributed by atoms with E-state index in [0.717, 1.165) is 18.4 Å². The average molecular weight is 257 g/mol. The molecule has 1 aromatic rings. The highest BCUT2D eigenvalue weighted by atomic mass is 32.2. The van der Waals surface area contributed by atoms with Gasteiger partial charge in [-0.25, -0.2) is 12.8 Å². The van der Waals surface area contributed by atoms with E-state index in [0.29, 0.717) is 5.92 Å². The van der Waals surface area contributed by atoms with E-state index in [1.165, 1.54) is 22.7 Å². The highest BCUT2D eigenvalue weighted by Crippen LogP contribution is 2.44. The van der Waals surface area contributed by atoms with Gasteiger partial charge < -0.3 is 0 Å². The van der Waals surface area contributed by atoms with E-state index in [9.17, 15) is 12.8 Å². The Hall–Kier alpha value is -0.940. The molecule has 3 nitrogen and oxygen atoms in total. The van der Waals surface area contributed by atoms with Gasteiger partial charge in [0.1, 0.15) is 5.82 Å². The number of halogens is 1. The maximum absolute atomic E-state index is 12.9. The maximum atomic E-state index is 12.9. The lowest BCUT2D eigenvalue weighted by Gasteiger charge is -2.26. The first kappa shape index (κ1) is 12.5. The average Bonchev–Trinajstić information content (AvgIpc) is 3.04. The monoisotopic (exact) mass is 257 g/mol. The summed E-state index contributed by atoms with van der Waals surface area (Å²) < 4.78 is 37.5. The zero-order chi connectivity index (χ0) is 12.6. The second kappa shape index (κ2) is 4.38. The van der Waals surface area contributed by atoms with Crippen LogP contribution in [0.25, 0.3) is 0 Å². The predicted octanol–water partition coefficient (Wildman–Crippen LogP) is 2.17. The predicted molar refractivity (Wildman–Crippen MR) is 64.5 cm³/mol. The first-order chi connectivity index (χ1) is 7.89. The van der Waals surface area contributed by atoms with Crippen LogP contribution < -0.4 is 0 Å². The largest absolute Gasteiger partial charge is 0.212 e. The van der Waals surface area contributed by atoms with Crippen molar-refractivity contribution in [2.75, 3.05) is 13.3 Å². The van der Waals surface area contributed by atoms with E-state index < -0.39 is 10.0 Å². The Kier molecular flexibility index (Phi) is 3.23. The third-order valence-corrected chi connectivity index (χ3v) is 4.47. The Morgan fingerprint density at radius 2 is 1.82 bits per heavy atom. The minimum absolute atomic E-state index is 0.161. The molecule has 0 amide bonds. The van der Waals surface area contributed by atoms with Crippen LogP contribution in [-0.2, 0) is 10.0 Å². The Bertz CT molecular complexity index is 494. The van der Waals surface area contributed by atoms with Gasteiger partial charge in [0.25, 0.3) is 0 Å². The number of rotatable bonds is 4. The molecule has 1 aliphatic rings. The van der Waals surface area contributed by atoms with Crippen molar-refractivity contribution in [3.05, 3.63) is 35.6 Å². The van der Waals surface area contributed by atoms with Crippen molar-refractivity contribution >= 4 is 10.0 Å². The van der Waals surface area contributed by atoms with Crippen molar-refractivity contribution in [2.45, 2.75) is 18.9 Å². The van der Waals surface area contributed by atoms with Crippen LogP contribution in [0.4, 0.5) is 4.39 Å². The van der Waals surface area contributed by atoms with Crippen LogP contribution in [-0.4, -0.2) is 26.0 Å². The van der Waals surface area contributed by atoms with Crippen LogP contribution in [0.2, 0.25) is 0 Å². The molecule has 0 N–H and O–H groups in total. The van der Waals surface area contributed by atoms with E-state index in [-0.39, 0.29) is 11.9 Å². The standard InChI is InChI=1S/C12H16FNO2S/c1-14(17(2,15)16)12(9-3-4-9)10-5-7-11(13)8-6-10/h5-9,12H,3-4H2,1-2H3. The van der Waals surface area contributed by atoms with E-state index in [1.807, 2.05) is 0 Å². The molecule has 1 saturated carbocycles. The van der Waals surface area contributed by atoms with Crippen LogP contribution in [0.15, 0.2) is 24.3 Å². The minimum atomic E-state index is -3.23. The van der Waals surface area contributed by atoms with Crippen molar-refractivity contribution in [3.8, 4) is 0 Å². The molecule has 2 rings (SSSR count). The van der Waals surface area contributed by atoms with Gasteiger partial charge in [0.05, 0.1) is 12.3 Å². The summed E-state index contributed by atoms with van der Waals surface area (Å²) >= 11 is 0. The van der Waals surface area contributed by atoms with Crippen LogP contribution in [0.5, 0.6) is 0 Å². The molecule has 0 aromatic heterocycles. The Balaban J connectivity index is 2.32. The molecule has 17 heavy (non-hydrogen) atoms. The van der Waals surface area contributed by atoms with Crippen LogP contribution in [0.3, 0.4) is 0 Å². The Labute approximate surface area is 101 Å². The highest BCUT2D eigenvalue weighted by molar-refractivity contribution is 7.88. The summed E-state index contributed by atoms with van der Waals surface area (Å²) in [5.41, 5.74) is 0.863. The summed E-state index contributed by atoms with van der Waals surface area (Å²) in [6, 6.07) is 5.92. The van der Waals surface area contributed by atoms with Gasteiger partial charge in [-0.15, -0.1) is 0 Å². The van der Waals surface area contributed by atoms with Gasteiger partial charge in [-0.3, -0.25) is 0 Å². The third kappa shape index (κ3) is 2.84. The lowest BCUT2D eigenvalue weighted by atomic mass is 10.0. The number of hydrogen-bond acceptors (Lipinski definition) is 2. The van der Waals surface area contributed by atoms with Gasteiger partial charge in [0, 0.05) is 7.05 Å². The number of nitrogens with zero attached hydrogens (tertiary/aromatic N) is 1. The molecule has 0 aliphatic heterocycles. The fraction of sp³-hybridized carbons (Fsp3) is 0.500. The lowest BCUT2D eigenvalue weighted by Crippen LogP contribution is -2.31. The second-order valence-corrected chi connectivity index (χ2v) is 6.66. The first-order valence-electron chi connectivity index (χ1n) is 5.58. The zero-order valence-corrected chi connectivity index (χ0v) is 10.7.